The summed E-state index contributed by atoms with van der Waals surface area (Å²) in [4.78, 5) is 7.52. The third-order valence-corrected chi connectivity index (χ3v) is 2.73. The first-order chi connectivity index (χ1) is 7.38. The number of anilines is 2. The van der Waals surface area contributed by atoms with Crippen molar-refractivity contribution in [2.75, 3.05) is 23.3 Å². The van der Waals surface area contributed by atoms with Crippen molar-refractivity contribution in [2.45, 2.75) is 6.42 Å². The molecule has 1 rings (SSSR count). The van der Waals surface area contributed by atoms with Crippen molar-refractivity contribution in [1.82, 2.24) is 9.97 Å². The lowest BCUT2D eigenvalue weighted by molar-refractivity contribution is 0.596. The summed E-state index contributed by atoms with van der Waals surface area (Å²) >= 11 is 5.57. The zero-order chi connectivity index (χ0) is 12.2. The van der Waals surface area contributed by atoms with Crippen LogP contribution in [-0.2, 0) is 10.0 Å². The second-order valence-corrected chi connectivity index (χ2v) is 5.16. The average molecular weight is 266 g/mol. The molecular weight excluding hydrogens is 254 g/mol. The standard InChI is InChI=1S/C7H12ClN5O2S/c8-7-12-4-5(9)6(13-7)11-2-1-3-16(10,14)15/h4H,1-3,9H2,(H2,10,14,15)(H,11,12,13). The molecule has 0 saturated heterocycles. The summed E-state index contributed by atoms with van der Waals surface area (Å²) in [5, 5.41) is 7.76. The van der Waals surface area contributed by atoms with Crippen LogP contribution in [0.5, 0.6) is 0 Å². The minimum absolute atomic E-state index is 0.0724. The Morgan fingerprint density at radius 3 is 2.81 bits per heavy atom. The number of aromatic nitrogens is 2. The topological polar surface area (TPSA) is 124 Å². The number of halogens is 1. The zero-order valence-corrected chi connectivity index (χ0v) is 9.92. The lowest BCUT2D eigenvalue weighted by Crippen LogP contribution is -2.19. The Bertz CT molecular complexity index is 464. The van der Waals surface area contributed by atoms with Gasteiger partial charge in [0.25, 0.3) is 0 Å². The summed E-state index contributed by atoms with van der Waals surface area (Å²) in [7, 11) is -3.43. The van der Waals surface area contributed by atoms with Gasteiger partial charge in [0.05, 0.1) is 17.6 Å². The van der Waals surface area contributed by atoms with E-state index < -0.39 is 10.0 Å². The number of nitrogens with two attached hydrogens (primary N) is 2. The predicted molar refractivity (Wildman–Crippen MR) is 62.5 cm³/mol. The molecule has 7 nitrogen and oxygen atoms in total. The maximum absolute atomic E-state index is 10.6. The van der Waals surface area contributed by atoms with E-state index in [-0.39, 0.29) is 11.0 Å². The quantitative estimate of drug-likeness (QED) is 0.500. The number of nitrogens with zero attached hydrogens (tertiary/aromatic N) is 2. The highest BCUT2D eigenvalue weighted by Gasteiger charge is 2.04. The Labute approximate surface area is 98.3 Å². The normalized spacial score (nSPS) is 11.4. The number of hydrogen-bond acceptors (Lipinski definition) is 6. The molecule has 1 aromatic heterocycles. The summed E-state index contributed by atoms with van der Waals surface area (Å²) < 4.78 is 21.3. The van der Waals surface area contributed by atoms with Crippen LogP contribution in [0, 0.1) is 0 Å². The largest absolute Gasteiger partial charge is 0.394 e. The van der Waals surface area contributed by atoms with Crippen molar-refractivity contribution in [1.29, 1.82) is 0 Å². The molecule has 1 heterocycles. The van der Waals surface area contributed by atoms with E-state index in [0.29, 0.717) is 24.5 Å². The van der Waals surface area contributed by atoms with Crippen molar-refractivity contribution in [3.05, 3.63) is 11.5 Å². The summed E-state index contributed by atoms with van der Waals surface area (Å²) in [5.41, 5.74) is 5.92. The van der Waals surface area contributed by atoms with Crippen LogP contribution < -0.4 is 16.2 Å². The molecule has 90 valence electrons. The molecule has 0 saturated carbocycles. The predicted octanol–water partition coefficient (Wildman–Crippen LogP) is -0.197. The first-order valence-corrected chi connectivity index (χ1v) is 6.50. The van der Waals surface area contributed by atoms with E-state index in [4.69, 9.17) is 22.5 Å². The Balaban J connectivity index is 2.46. The molecule has 0 atom stereocenters. The summed E-state index contributed by atoms with van der Waals surface area (Å²) in [6, 6.07) is 0. The minimum Gasteiger partial charge on any atom is -0.394 e. The summed E-state index contributed by atoms with van der Waals surface area (Å²) in [5.74, 6) is 0.285. The van der Waals surface area contributed by atoms with Gasteiger partial charge in [-0.1, -0.05) is 0 Å². The van der Waals surface area contributed by atoms with E-state index in [0.717, 1.165) is 0 Å². The van der Waals surface area contributed by atoms with Crippen LogP contribution in [0.25, 0.3) is 0 Å². The smallest absolute Gasteiger partial charge is 0.224 e. The fourth-order valence-electron chi connectivity index (χ4n) is 0.991. The first-order valence-electron chi connectivity index (χ1n) is 4.41. The van der Waals surface area contributed by atoms with E-state index in [2.05, 4.69) is 15.3 Å². The Morgan fingerprint density at radius 1 is 1.50 bits per heavy atom. The molecule has 0 fully saturated rings. The van der Waals surface area contributed by atoms with Crippen LogP contribution in [0.3, 0.4) is 0 Å². The number of nitrogen functional groups attached to an aromatic ring is 1. The third-order valence-electron chi connectivity index (χ3n) is 1.69. The van der Waals surface area contributed by atoms with Gasteiger partial charge in [0.15, 0.2) is 5.82 Å². The van der Waals surface area contributed by atoms with E-state index in [1.54, 1.807) is 0 Å². The van der Waals surface area contributed by atoms with E-state index in [9.17, 15) is 8.42 Å². The van der Waals surface area contributed by atoms with Gasteiger partial charge in [-0.2, -0.15) is 4.98 Å². The van der Waals surface area contributed by atoms with Gasteiger partial charge in [-0.05, 0) is 18.0 Å². The molecule has 16 heavy (non-hydrogen) atoms. The minimum atomic E-state index is -3.43. The Kier molecular flexibility index (Phi) is 4.27. The second kappa shape index (κ2) is 5.28. The fraction of sp³-hybridized carbons (Fsp3) is 0.429. The molecule has 0 bridgehead atoms. The summed E-state index contributed by atoms with van der Waals surface area (Å²) in [6.07, 6.45) is 1.73. The highest BCUT2D eigenvalue weighted by atomic mass is 35.5. The Morgan fingerprint density at radius 2 is 2.19 bits per heavy atom. The number of sulfonamides is 1. The molecule has 0 unspecified atom stereocenters. The number of nitrogens with one attached hydrogen (secondary N) is 1. The molecule has 5 N–H and O–H groups in total. The van der Waals surface area contributed by atoms with Crippen molar-refractivity contribution in [3.8, 4) is 0 Å². The van der Waals surface area contributed by atoms with Gasteiger partial charge in [0.2, 0.25) is 15.3 Å². The SMILES string of the molecule is Nc1cnc(Cl)nc1NCCCS(N)(=O)=O. The lowest BCUT2D eigenvalue weighted by atomic mass is 10.4. The molecule has 0 aliphatic rings. The van der Waals surface area contributed by atoms with Crippen LogP contribution in [0.2, 0.25) is 5.28 Å². The highest BCUT2D eigenvalue weighted by molar-refractivity contribution is 7.89. The number of primary sulfonamides is 1. The maximum atomic E-state index is 10.6. The van der Waals surface area contributed by atoms with Gasteiger partial charge in [0, 0.05) is 6.54 Å². The molecule has 9 heteroatoms. The average Bonchev–Trinajstić information content (AvgIpc) is 2.16. The van der Waals surface area contributed by atoms with E-state index in [1.165, 1.54) is 6.20 Å². The van der Waals surface area contributed by atoms with Crippen LogP contribution >= 0.6 is 11.6 Å². The van der Waals surface area contributed by atoms with E-state index in [1.807, 2.05) is 0 Å². The van der Waals surface area contributed by atoms with Gasteiger partial charge in [0.1, 0.15) is 0 Å². The van der Waals surface area contributed by atoms with Gasteiger partial charge in [-0.3, -0.25) is 0 Å². The molecule has 1 aromatic rings. The third kappa shape index (κ3) is 4.60. The van der Waals surface area contributed by atoms with Gasteiger partial charge in [-0.15, -0.1) is 0 Å². The monoisotopic (exact) mass is 265 g/mol. The van der Waals surface area contributed by atoms with Crippen molar-refractivity contribution in [2.24, 2.45) is 5.14 Å². The highest BCUT2D eigenvalue weighted by Crippen LogP contribution is 2.15. The zero-order valence-electron chi connectivity index (χ0n) is 8.35. The maximum Gasteiger partial charge on any atom is 0.224 e. The molecule has 0 amide bonds. The molecule has 0 aromatic carbocycles. The molecule has 0 aliphatic heterocycles. The molecule has 0 radical (unpaired) electrons. The van der Waals surface area contributed by atoms with Crippen LogP contribution in [-0.4, -0.2) is 30.7 Å². The Hall–Kier alpha value is -1.12. The van der Waals surface area contributed by atoms with Crippen molar-refractivity contribution < 1.29 is 8.42 Å². The van der Waals surface area contributed by atoms with Gasteiger partial charge >= 0.3 is 0 Å². The fourth-order valence-corrected chi connectivity index (χ4v) is 1.67. The number of hydrogen-bond donors (Lipinski definition) is 3. The van der Waals surface area contributed by atoms with Gasteiger partial charge in [-0.25, -0.2) is 18.5 Å². The van der Waals surface area contributed by atoms with Gasteiger partial charge < -0.3 is 11.1 Å². The second-order valence-electron chi connectivity index (χ2n) is 3.09. The number of rotatable bonds is 5. The molecule has 0 spiro atoms. The molecular formula is C7H12ClN5O2S. The lowest BCUT2D eigenvalue weighted by Gasteiger charge is -2.07. The van der Waals surface area contributed by atoms with Crippen LogP contribution in [0.4, 0.5) is 11.5 Å². The van der Waals surface area contributed by atoms with Crippen LogP contribution in [0.1, 0.15) is 6.42 Å². The molecule has 0 aliphatic carbocycles. The van der Waals surface area contributed by atoms with Crippen molar-refractivity contribution >= 4 is 33.1 Å². The summed E-state index contributed by atoms with van der Waals surface area (Å²) in [6.45, 7) is 0.383. The van der Waals surface area contributed by atoms with E-state index >= 15 is 0 Å². The van der Waals surface area contributed by atoms with Crippen LogP contribution in [0.15, 0.2) is 6.20 Å². The van der Waals surface area contributed by atoms with Crippen molar-refractivity contribution in [3.63, 3.8) is 0 Å². The first kappa shape index (κ1) is 12.9.